The Labute approximate surface area is 118 Å². The molecule has 0 spiro atoms. The Morgan fingerprint density at radius 3 is 2.70 bits per heavy atom. The van der Waals surface area contributed by atoms with Crippen LogP contribution in [0.3, 0.4) is 0 Å². The van der Waals surface area contributed by atoms with Crippen molar-refractivity contribution in [1.29, 1.82) is 0 Å². The Kier molecular flexibility index (Phi) is 4.53. The zero-order valence-electron chi connectivity index (χ0n) is 11.8. The Balaban J connectivity index is 1.96. The van der Waals surface area contributed by atoms with Crippen molar-refractivity contribution >= 4 is 5.97 Å². The summed E-state index contributed by atoms with van der Waals surface area (Å²) in [7, 11) is 3.76. The SMILES string of the molecule is CN(CCc1ccccc1)Cc1c(C(=O)O)cnn1C. The van der Waals surface area contributed by atoms with E-state index in [1.165, 1.54) is 11.8 Å². The number of likely N-dealkylation sites (N-methyl/N-ethyl adjacent to an activating group) is 1. The lowest BCUT2D eigenvalue weighted by molar-refractivity contribution is 0.0694. The van der Waals surface area contributed by atoms with E-state index in [0.717, 1.165) is 18.7 Å². The smallest absolute Gasteiger partial charge is 0.339 e. The van der Waals surface area contributed by atoms with Crippen LogP contribution in [0.4, 0.5) is 0 Å². The van der Waals surface area contributed by atoms with Gasteiger partial charge in [0.05, 0.1) is 11.9 Å². The highest BCUT2D eigenvalue weighted by molar-refractivity contribution is 5.88. The fraction of sp³-hybridized carbons (Fsp3) is 0.333. The van der Waals surface area contributed by atoms with E-state index in [1.807, 2.05) is 25.2 Å². The van der Waals surface area contributed by atoms with Crippen LogP contribution >= 0.6 is 0 Å². The van der Waals surface area contributed by atoms with E-state index >= 15 is 0 Å². The molecular formula is C15H19N3O2. The molecule has 1 heterocycles. The van der Waals surface area contributed by atoms with Gasteiger partial charge in [0.1, 0.15) is 5.56 Å². The molecule has 0 atom stereocenters. The maximum atomic E-state index is 11.1. The second-order valence-electron chi connectivity index (χ2n) is 4.91. The van der Waals surface area contributed by atoms with Crippen molar-refractivity contribution in [2.75, 3.05) is 13.6 Å². The van der Waals surface area contributed by atoms with E-state index in [9.17, 15) is 4.79 Å². The Morgan fingerprint density at radius 1 is 1.35 bits per heavy atom. The van der Waals surface area contributed by atoms with Gasteiger partial charge in [-0.25, -0.2) is 4.79 Å². The van der Waals surface area contributed by atoms with Gasteiger partial charge in [0.25, 0.3) is 0 Å². The molecule has 1 N–H and O–H groups in total. The summed E-state index contributed by atoms with van der Waals surface area (Å²) in [6.45, 7) is 1.44. The predicted molar refractivity (Wildman–Crippen MR) is 76.6 cm³/mol. The molecule has 5 heteroatoms. The molecule has 5 nitrogen and oxygen atoms in total. The summed E-state index contributed by atoms with van der Waals surface area (Å²) in [5.74, 6) is -0.926. The molecule has 20 heavy (non-hydrogen) atoms. The van der Waals surface area contributed by atoms with Crippen molar-refractivity contribution in [3.63, 3.8) is 0 Å². The molecule has 106 valence electrons. The van der Waals surface area contributed by atoms with Crippen molar-refractivity contribution < 1.29 is 9.90 Å². The average Bonchev–Trinajstić information content (AvgIpc) is 2.79. The number of benzene rings is 1. The Morgan fingerprint density at radius 2 is 2.05 bits per heavy atom. The number of rotatable bonds is 6. The maximum absolute atomic E-state index is 11.1. The monoisotopic (exact) mass is 273 g/mol. The van der Waals surface area contributed by atoms with Crippen molar-refractivity contribution in [2.45, 2.75) is 13.0 Å². The molecule has 0 fully saturated rings. The molecular weight excluding hydrogens is 254 g/mol. The molecule has 2 rings (SSSR count). The second kappa shape index (κ2) is 6.34. The molecule has 0 aliphatic rings. The van der Waals surface area contributed by atoms with E-state index in [-0.39, 0.29) is 5.56 Å². The third-order valence-corrected chi connectivity index (χ3v) is 3.34. The number of nitrogens with zero attached hydrogens (tertiary/aromatic N) is 3. The van der Waals surface area contributed by atoms with Crippen LogP contribution in [0.15, 0.2) is 36.5 Å². The van der Waals surface area contributed by atoms with Crippen molar-refractivity contribution in [1.82, 2.24) is 14.7 Å². The number of aromatic nitrogens is 2. The summed E-state index contributed by atoms with van der Waals surface area (Å²) in [4.78, 5) is 13.2. The van der Waals surface area contributed by atoms with Gasteiger partial charge >= 0.3 is 5.97 Å². The minimum Gasteiger partial charge on any atom is -0.478 e. The van der Waals surface area contributed by atoms with Crippen LogP contribution in [-0.2, 0) is 20.0 Å². The molecule has 1 aromatic carbocycles. The van der Waals surface area contributed by atoms with Gasteiger partial charge in [-0.2, -0.15) is 5.10 Å². The van der Waals surface area contributed by atoms with Crippen LogP contribution in [0.2, 0.25) is 0 Å². The van der Waals surface area contributed by atoms with Gasteiger partial charge in [0, 0.05) is 20.1 Å². The van der Waals surface area contributed by atoms with Crippen molar-refractivity contribution in [3.8, 4) is 0 Å². The minimum absolute atomic E-state index is 0.277. The second-order valence-corrected chi connectivity index (χ2v) is 4.91. The molecule has 0 saturated heterocycles. The zero-order valence-corrected chi connectivity index (χ0v) is 11.8. The number of carboxylic acids is 1. The first kappa shape index (κ1) is 14.3. The van der Waals surface area contributed by atoms with E-state index in [4.69, 9.17) is 5.11 Å². The molecule has 0 unspecified atom stereocenters. The molecule has 2 aromatic rings. The minimum atomic E-state index is -0.926. The van der Waals surface area contributed by atoms with Crippen LogP contribution in [0.1, 0.15) is 21.6 Å². The third kappa shape index (κ3) is 3.45. The third-order valence-electron chi connectivity index (χ3n) is 3.34. The van der Waals surface area contributed by atoms with Crippen LogP contribution < -0.4 is 0 Å². The van der Waals surface area contributed by atoms with Gasteiger partial charge in [-0.3, -0.25) is 4.68 Å². The molecule has 0 bridgehead atoms. The molecule has 1 aromatic heterocycles. The maximum Gasteiger partial charge on any atom is 0.339 e. The number of aryl methyl sites for hydroxylation is 1. The summed E-state index contributed by atoms with van der Waals surface area (Å²) in [5, 5.41) is 13.1. The van der Waals surface area contributed by atoms with E-state index in [2.05, 4.69) is 22.1 Å². The molecule has 0 saturated carbocycles. The normalized spacial score (nSPS) is 10.9. The van der Waals surface area contributed by atoms with E-state index in [0.29, 0.717) is 6.54 Å². The number of hydrogen-bond donors (Lipinski definition) is 1. The quantitative estimate of drug-likeness (QED) is 0.872. The number of carbonyl (C=O) groups is 1. The zero-order chi connectivity index (χ0) is 14.5. The predicted octanol–water partition coefficient (Wildman–Crippen LogP) is 1.79. The Bertz CT molecular complexity index is 578. The lowest BCUT2D eigenvalue weighted by Gasteiger charge is -2.17. The number of carboxylic acid groups (broad SMARTS) is 1. The van der Waals surface area contributed by atoms with E-state index < -0.39 is 5.97 Å². The van der Waals surface area contributed by atoms with Gasteiger partial charge in [0.15, 0.2) is 0 Å². The lowest BCUT2D eigenvalue weighted by atomic mass is 10.1. The fourth-order valence-electron chi connectivity index (χ4n) is 2.13. The fourth-order valence-corrected chi connectivity index (χ4v) is 2.13. The van der Waals surface area contributed by atoms with Gasteiger partial charge in [-0.15, -0.1) is 0 Å². The summed E-state index contributed by atoms with van der Waals surface area (Å²) in [6.07, 6.45) is 2.35. The van der Waals surface area contributed by atoms with Crippen molar-refractivity contribution in [2.24, 2.45) is 7.05 Å². The average molecular weight is 273 g/mol. The first-order chi connectivity index (χ1) is 9.58. The van der Waals surface area contributed by atoms with Gasteiger partial charge < -0.3 is 10.0 Å². The van der Waals surface area contributed by atoms with Gasteiger partial charge in [0.2, 0.25) is 0 Å². The largest absolute Gasteiger partial charge is 0.478 e. The van der Waals surface area contributed by atoms with Crippen LogP contribution in [0.25, 0.3) is 0 Å². The summed E-state index contributed by atoms with van der Waals surface area (Å²) in [5.41, 5.74) is 2.29. The number of hydrogen-bond acceptors (Lipinski definition) is 3. The molecule has 0 amide bonds. The van der Waals surface area contributed by atoms with Gasteiger partial charge in [-0.1, -0.05) is 30.3 Å². The first-order valence-electron chi connectivity index (χ1n) is 6.54. The summed E-state index contributed by atoms with van der Waals surface area (Å²) < 4.78 is 1.63. The van der Waals surface area contributed by atoms with Crippen LogP contribution in [0, 0.1) is 0 Å². The van der Waals surface area contributed by atoms with Gasteiger partial charge in [-0.05, 0) is 19.0 Å². The lowest BCUT2D eigenvalue weighted by Crippen LogP contribution is -2.23. The van der Waals surface area contributed by atoms with E-state index in [1.54, 1.807) is 11.7 Å². The highest BCUT2D eigenvalue weighted by atomic mass is 16.4. The summed E-state index contributed by atoms with van der Waals surface area (Å²) >= 11 is 0. The van der Waals surface area contributed by atoms with Crippen LogP contribution in [0.5, 0.6) is 0 Å². The standard InChI is InChI=1S/C15H19N3O2/c1-17(9-8-12-6-4-3-5-7-12)11-14-13(15(19)20)10-16-18(14)2/h3-7,10H,8-9,11H2,1-2H3,(H,19,20). The first-order valence-corrected chi connectivity index (χ1v) is 6.54. The highest BCUT2D eigenvalue weighted by Gasteiger charge is 2.16. The number of aromatic carboxylic acids is 1. The van der Waals surface area contributed by atoms with Crippen LogP contribution in [-0.4, -0.2) is 39.3 Å². The van der Waals surface area contributed by atoms with Crippen molar-refractivity contribution in [3.05, 3.63) is 53.3 Å². The topological polar surface area (TPSA) is 58.4 Å². The Hall–Kier alpha value is -2.14. The molecule has 0 radical (unpaired) electrons. The molecule has 0 aliphatic heterocycles. The highest BCUT2D eigenvalue weighted by Crippen LogP contribution is 2.10. The summed E-state index contributed by atoms with van der Waals surface area (Å²) in [6, 6.07) is 10.3. The molecule has 0 aliphatic carbocycles.